The monoisotopic (exact) mass is 291 g/mol. The predicted octanol–water partition coefficient (Wildman–Crippen LogP) is 1.65. The standard InChI is InChI=1S/C10H11Cl2N3O3/c1-14-10(17)18-15-9(13)8(16)6-3-2-5(11)4-7(6)12/h2-4,8,16H,1H3,(H2,13,15)(H,14,17). The van der Waals surface area contributed by atoms with Gasteiger partial charge in [0.15, 0.2) is 5.84 Å². The van der Waals surface area contributed by atoms with Gasteiger partial charge < -0.3 is 16.2 Å². The van der Waals surface area contributed by atoms with Gasteiger partial charge in [-0.25, -0.2) is 4.79 Å². The van der Waals surface area contributed by atoms with E-state index in [2.05, 4.69) is 15.3 Å². The van der Waals surface area contributed by atoms with E-state index in [4.69, 9.17) is 28.9 Å². The maximum atomic E-state index is 10.8. The molecule has 1 aromatic rings. The minimum absolute atomic E-state index is 0.230. The summed E-state index contributed by atoms with van der Waals surface area (Å²) >= 11 is 11.6. The molecule has 4 N–H and O–H groups in total. The number of oxime groups is 1. The Kier molecular flexibility index (Phi) is 5.21. The molecule has 18 heavy (non-hydrogen) atoms. The molecule has 0 aliphatic carbocycles. The van der Waals surface area contributed by atoms with Gasteiger partial charge in [0, 0.05) is 22.7 Å². The predicted molar refractivity (Wildman–Crippen MR) is 68.6 cm³/mol. The lowest BCUT2D eigenvalue weighted by molar-refractivity contribution is 0.149. The van der Waals surface area contributed by atoms with Crippen molar-refractivity contribution in [3.63, 3.8) is 0 Å². The lowest BCUT2D eigenvalue weighted by atomic mass is 10.1. The first-order valence-corrected chi connectivity index (χ1v) is 5.56. The Labute approximate surface area is 113 Å². The Morgan fingerprint density at radius 3 is 2.78 bits per heavy atom. The molecule has 0 heterocycles. The number of hydrogen-bond donors (Lipinski definition) is 3. The van der Waals surface area contributed by atoms with Crippen LogP contribution in [0.3, 0.4) is 0 Å². The van der Waals surface area contributed by atoms with Crippen molar-refractivity contribution in [2.24, 2.45) is 10.9 Å². The van der Waals surface area contributed by atoms with Crippen LogP contribution in [-0.2, 0) is 4.84 Å². The van der Waals surface area contributed by atoms with Gasteiger partial charge in [-0.05, 0) is 12.1 Å². The second-order valence-electron chi connectivity index (χ2n) is 3.21. The van der Waals surface area contributed by atoms with Crippen LogP contribution < -0.4 is 11.1 Å². The summed E-state index contributed by atoms with van der Waals surface area (Å²) in [5, 5.41) is 15.9. The quantitative estimate of drug-likeness (QED) is 0.341. The second-order valence-corrected chi connectivity index (χ2v) is 4.06. The zero-order chi connectivity index (χ0) is 13.7. The van der Waals surface area contributed by atoms with Gasteiger partial charge >= 0.3 is 6.09 Å². The zero-order valence-electron chi connectivity index (χ0n) is 9.35. The summed E-state index contributed by atoms with van der Waals surface area (Å²) in [6.45, 7) is 0. The third kappa shape index (κ3) is 3.76. The smallest absolute Gasteiger partial charge is 0.382 e. The Hall–Kier alpha value is -1.50. The van der Waals surface area contributed by atoms with E-state index in [1.54, 1.807) is 6.07 Å². The van der Waals surface area contributed by atoms with Gasteiger partial charge in [-0.15, -0.1) is 0 Å². The van der Waals surface area contributed by atoms with Crippen LogP contribution in [0.5, 0.6) is 0 Å². The van der Waals surface area contributed by atoms with Gasteiger partial charge in [-0.2, -0.15) is 0 Å². The fourth-order valence-electron chi connectivity index (χ4n) is 1.07. The number of carbonyl (C=O) groups excluding carboxylic acids is 1. The van der Waals surface area contributed by atoms with Gasteiger partial charge in [0.25, 0.3) is 0 Å². The van der Waals surface area contributed by atoms with Gasteiger partial charge in [0.2, 0.25) is 0 Å². The second kappa shape index (κ2) is 6.44. The number of aliphatic hydroxyl groups excluding tert-OH is 1. The highest BCUT2D eigenvalue weighted by molar-refractivity contribution is 6.35. The number of benzene rings is 1. The molecule has 8 heteroatoms. The van der Waals surface area contributed by atoms with E-state index >= 15 is 0 Å². The third-order valence-electron chi connectivity index (χ3n) is 1.98. The Morgan fingerprint density at radius 2 is 2.22 bits per heavy atom. The molecular formula is C10H11Cl2N3O3. The van der Waals surface area contributed by atoms with Crippen LogP contribution in [-0.4, -0.2) is 24.1 Å². The number of amidine groups is 1. The first-order valence-electron chi connectivity index (χ1n) is 4.80. The average molecular weight is 292 g/mol. The first-order chi connectivity index (χ1) is 8.45. The van der Waals surface area contributed by atoms with E-state index in [0.29, 0.717) is 10.6 Å². The molecule has 1 aromatic carbocycles. The lowest BCUT2D eigenvalue weighted by Crippen LogP contribution is -2.24. The zero-order valence-corrected chi connectivity index (χ0v) is 10.9. The Bertz CT molecular complexity index is 479. The summed E-state index contributed by atoms with van der Waals surface area (Å²) in [5.41, 5.74) is 5.77. The molecule has 0 aliphatic rings. The summed E-state index contributed by atoms with van der Waals surface area (Å²) < 4.78 is 0. The van der Waals surface area contributed by atoms with Crippen LogP contribution in [0, 0.1) is 0 Å². The van der Waals surface area contributed by atoms with Crippen LogP contribution in [0.15, 0.2) is 23.4 Å². The molecule has 0 aliphatic heterocycles. The van der Waals surface area contributed by atoms with Crippen LogP contribution >= 0.6 is 23.2 Å². The lowest BCUT2D eigenvalue weighted by Gasteiger charge is -2.11. The average Bonchev–Trinajstić information content (AvgIpc) is 2.34. The number of hydrogen-bond acceptors (Lipinski definition) is 4. The Balaban J connectivity index is 2.86. The number of nitrogens with zero attached hydrogens (tertiary/aromatic N) is 1. The van der Waals surface area contributed by atoms with Crippen molar-refractivity contribution in [1.82, 2.24) is 5.32 Å². The molecule has 0 bridgehead atoms. The van der Waals surface area contributed by atoms with Crippen molar-refractivity contribution in [2.75, 3.05) is 7.05 Å². The van der Waals surface area contributed by atoms with Crippen molar-refractivity contribution in [2.45, 2.75) is 6.10 Å². The van der Waals surface area contributed by atoms with Crippen molar-refractivity contribution in [3.05, 3.63) is 33.8 Å². The first kappa shape index (κ1) is 14.6. The molecule has 0 saturated heterocycles. The molecule has 6 nitrogen and oxygen atoms in total. The van der Waals surface area contributed by atoms with E-state index in [9.17, 15) is 9.90 Å². The molecule has 1 amide bonds. The van der Waals surface area contributed by atoms with Crippen molar-refractivity contribution in [1.29, 1.82) is 0 Å². The third-order valence-corrected chi connectivity index (χ3v) is 2.54. The molecule has 0 radical (unpaired) electrons. The van der Waals surface area contributed by atoms with E-state index < -0.39 is 12.2 Å². The van der Waals surface area contributed by atoms with E-state index in [0.717, 1.165) is 0 Å². The minimum Gasteiger partial charge on any atom is -0.382 e. The number of aliphatic hydroxyl groups is 1. The summed E-state index contributed by atoms with van der Waals surface area (Å²) in [6, 6.07) is 4.49. The summed E-state index contributed by atoms with van der Waals surface area (Å²) in [6.07, 6.45) is -2.09. The molecular weight excluding hydrogens is 281 g/mol. The highest BCUT2D eigenvalue weighted by atomic mass is 35.5. The van der Waals surface area contributed by atoms with Crippen molar-refractivity contribution >= 4 is 35.1 Å². The van der Waals surface area contributed by atoms with E-state index in [1.807, 2.05) is 0 Å². The number of nitrogens with two attached hydrogens (primary N) is 1. The van der Waals surface area contributed by atoms with Crippen molar-refractivity contribution in [3.8, 4) is 0 Å². The van der Waals surface area contributed by atoms with Gasteiger partial charge in [0.05, 0.1) is 0 Å². The molecule has 1 unspecified atom stereocenters. The molecule has 1 atom stereocenters. The number of nitrogens with one attached hydrogen (secondary N) is 1. The maximum Gasteiger partial charge on any atom is 0.433 e. The summed E-state index contributed by atoms with van der Waals surface area (Å²) in [7, 11) is 1.36. The molecule has 0 fully saturated rings. The van der Waals surface area contributed by atoms with Gasteiger partial charge in [-0.3, -0.25) is 4.84 Å². The van der Waals surface area contributed by atoms with E-state index in [-0.39, 0.29) is 10.9 Å². The van der Waals surface area contributed by atoms with E-state index in [1.165, 1.54) is 19.2 Å². The number of halogens is 2. The molecule has 0 saturated carbocycles. The fourth-order valence-corrected chi connectivity index (χ4v) is 1.58. The van der Waals surface area contributed by atoms with Gasteiger partial charge in [0.1, 0.15) is 6.10 Å². The number of rotatable bonds is 3. The molecule has 1 rings (SSSR count). The SMILES string of the molecule is CNC(=O)O/N=C(\N)C(O)c1ccc(Cl)cc1Cl. The maximum absolute atomic E-state index is 10.8. The molecule has 0 aromatic heterocycles. The Morgan fingerprint density at radius 1 is 1.56 bits per heavy atom. The van der Waals surface area contributed by atoms with Crippen LogP contribution in [0.4, 0.5) is 4.79 Å². The van der Waals surface area contributed by atoms with Crippen LogP contribution in [0.1, 0.15) is 11.7 Å². The number of carbonyl (C=O) groups is 1. The molecule has 98 valence electrons. The summed E-state index contributed by atoms with van der Waals surface area (Å²) in [5.74, 6) is -0.303. The highest BCUT2D eigenvalue weighted by Crippen LogP contribution is 2.26. The van der Waals surface area contributed by atoms with Gasteiger partial charge in [-0.1, -0.05) is 34.4 Å². The summed E-state index contributed by atoms with van der Waals surface area (Å²) in [4.78, 5) is 15.1. The largest absolute Gasteiger partial charge is 0.433 e. The minimum atomic E-state index is -1.29. The highest BCUT2D eigenvalue weighted by Gasteiger charge is 2.17. The van der Waals surface area contributed by atoms with Crippen molar-refractivity contribution < 1.29 is 14.7 Å². The number of amides is 1. The fraction of sp³-hybridized carbons (Fsp3) is 0.200. The topological polar surface area (TPSA) is 96.9 Å². The molecule has 0 spiro atoms. The van der Waals surface area contributed by atoms with Crippen LogP contribution in [0.25, 0.3) is 0 Å². The van der Waals surface area contributed by atoms with Crippen LogP contribution in [0.2, 0.25) is 10.0 Å². The normalized spacial score (nSPS) is 13.0.